The van der Waals surface area contributed by atoms with Crippen molar-refractivity contribution in [3.63, 3.8) is 0 Å². The highest BCUT2D eigenvalue weighted by molar-refractivity contribution is 9.10. The Labute approximate surface area is 120 Å². The molecule has 19 heavy (non-hydrogen) atoms. The molecular weight excluding hydrogens is 304 g/mol. The van der Waals surface area contributed by atoms with Crippen LogP contribution in [-0.4, -0.2) is 23.1 Å². The van der Waals surface area contributed by atoms with Crippen LogP contribution in [0.15, 0.2) is 16.9 Å². The Hall–Kier alpha value is -1.54. The molecule has 0 amide bonds. The molecule has 1 saturated heterocycles. The van der Waals surface area contributed by atoms with Crippen LogP contribution in [0.3, 0.4) is 0 Å². The molecule has 5 heteroatoms. The van der Waals surface area contributed by atoms with Gasteiger partial charge in [-0.2, -0.15) is 5.26 Å². The van der Waals surface area contributed by atoms with Crippen molar-refractivity contribution in [3.8, 4) is 6.07 Å². The van der Waals surface area contributed by atoms with Gasteiger partial charge in [-0.3, -0.25) is 0 Å². The summed E-state index contributed by atoms with van der Waals surface area (Å²) in [6, 6.07) is 2.38. The lowest BCUT2D eigenvalue weighted by Crippen LogP contribution is -2.33. The molecule has 0 saturated carbocycles. The van der Waals surface area contributed by atoms with E-state index in [1.165, 1.54) is 16.6 Å². The fourth-order valence-corrected chi connectivity index (χ4v) is 3.30. The first-order valence-electron chi connectivity index (χ1n) is 6.47. The first-order valence-corrected chi connectivity index (χ1v) is 7.26. The smallest absolute Gasteiger partial charge is 0.139 e. The average molecular weight is 319 g/mol. The van der Waals surface area contributed by atoms with Crippen LogP contribution in [0.2, 0.25) is 0 Å². The summed E-state index contributed by atoms with van der Waals surface area (Å²) in [6.07, 6.45) is 5.73. The number of anilines is 1. The molecule has 1 N–H and O–H groups in total. The summed E-state index contributed by atoms with van der Waals surface area (Å²) in [4.78, 5) is 9.97. The van der Waals surface area contributed by atoms with Crippen LogP contribution in [0.5, 0.6) is 0 Å². The standard InChI is InChI=1S/C14H15BrN4/c1-9-7-17-14-12(9)13(11(15)8-18-14)19-4-2-10(6-16)3-5-19/h7-8,10H,2-5H2,1H3,(H,17,18). The molecule has 0 spiro atoms. The lowest BCUT2D eigenvalue weighted by atomic mass is 9.98. The van der Waals surface area contributed by atoms with Crippen molar-refractivity contribution >= 4 is 32.7 Å². The average Bonchev–Trinajstić information content (AvgIpc) is 2.81. The van der Waals surface area contributed by atoms with Crippen molar-refractivity contribution in [3.05, 3.63) is 22.4 Å². The van der Waals surface area contributed by atoms with Gasteiger partial charge in [0.1, 0.15) is 5.65 Å². The van der Waals surface area contributed by atoms with Crippen LogP contribution in [0, 0.1) is 24.2 Å². The molecule has 98 valence electrons. The lowest BCUT2D eigenvalue weighted by Gasteiger charge is -2.32. The maximum Gasteiger partial charge on any atom is 0.139 e. The number of aryl methyl sites for hydroxylation is 1. The van der Waals surface area contributed by atoms with E-state index in [0.29, 0.717) is 0 Å². The molecule has 4 nitrogen and oxygen atoms in total. The Balaban J connectivity index is 2.03. The number of hydrogen-bond acceptors (Lipinski definition) is 3. The summed E-state index contributed by atoms with van der Waals surface area (Å²) in [5.41, 5.74) is 3.35. The van der Waals surface area contributed by atoms with Gasteiger partial charge in [-0.1, -0.05) is 0 Å². The van der Waals surface area contributed by atoms with Gasteiger partial charge in [0.25, 0.3) is 0 Å². The summed E-state index contributed by atoms with van der Waals surface area (Å²) in [5.74, 6) is 0.208. The molecule has 1 aliphatic rings. The number of nitrogens with zero attached hydrogens (tertiary/aromatic N) is 3. The van der Waals surface area contributed by atoms with Gasteiger partial charge < -0.3 is 9.88 Å². The fraction of sp³-hybridized carbons (Fsp3) is 0.429. The molecule has 0 unspecified atom stereocenters. The zero-order valence-corrected chi connectivity index (χ0v) is 12.4. The predicted molar refractivity (Wildman–Crippen MR) is 79.1 cm³/mol. The van der Waals surface area contributed by atoms with E-state index < -0.39 is 0 Å². The van der Waals surface area contributed by atoms with Gasteiger partial charge in [-0.15, -0.1) is 0 Å². The van der Waals surface area contributed by atoms with E-state index in [1.54, 1.807) is 0 Å². The van der Waals surface area contributed by atoms with Crippen molar-refractivity contribution in [1.29, 1.82) is 5.26 Å². The summed E-state index contributed by atoms with van der Waals surface area (Å²) in [5, 5.41) is 10.2. The topological polar surface area (TPSA) is 55.7 Å². The van der Waals surface area contributed by atoms with E-state index in [4.69, 9.17) is 5.26 Å². The third-order valence-corrected chi connectivity index (χ3v) is 4.40. The van der Waals surface area contributed by atoms with Crippen molar-refractivity contribution in [1.82, 2.24) is 9.97 Å². The number of fused-ring (bicyclic) bond motifs is 1. The van der Waals surface area contributed by atoms with E-state index in [-0.39, 0.29) is 5.92 Å². The van der Waals surface area contributed by atoms with Gasteiger partial charge in [-0.25, -0.2) is 4.98 Å². The quantitative estimate of drug-likeness (QED) is 0.877. The highest BCUT2D eigenvalue weighted by atomic mass is 79.9. The number of H-pyrrole nitrogens is 1. The van der Waals surface area contributed by atoms with E-state index in [2.05, 4.69) is 43.8 Å². The first-order chi connectivity index (χ1) is 9.20. The largest absolute Gasteiger partial charge is 0.370 e. The van der Waals surface area contributed by atoms with Gasteiger partial charge >= 0.3 is 0 Å². The molecule has 3 rings (SSSR count). The molecule has 1 aliphatic heterocycles. The zero-order valence-electron chi connectivity index (χ0n) is 10.8. The van der Waals surface area contributed by atoms with Crippen LogP contribution in [-0.2, 0) is 0 Å². The van der Waals surface area contributed by atoms with Crippen LogP contribution in [0.25, 0.3) is 11.0 Å². The number of pyridine rings is 1. The molecule has 0 radical (unpaired) electrons. The van der Waals surface area contributed by atoms with Crippen LogP contribution >= 0.6 is 15.9 Å². The minimum absolute atomic E-state index is 0.208. The monoisotopic (exact) mass is 318 g/mol. The number of aromatic nitrogens is 2. The Morgan fingerprint density at radius 1 is 1.47 bits per heavy atom. The summed E-state index contributed by atoms with van der Waals surface area (Å²) >= 11 is 3.62. The number of halogens is 1. The van der Waals surface area contributed by atoms with E-state index in [0.717, 1.165) is 36.1 Å². The maximum atomic E-state index is 8.99. The van der Waals surface area contributed by atoms with E-state index in [1.807, 2.05) is 12.4 Å². The Bertz CT molecular complexity index is 647. The number of aromatic amines is 1. The summed E-state index contributed by atoms with van der Waals surface area (Å²) in [7, 11) is 0. The normalized spacial score (nSPS) is 16.8. The van der Waals surface area contributed by atoms with Crippen LogP contribution in [0.1, 0.15) is 18.4 Å². The maximum absolute atomic E-state index is 8.99. The molecule has 1 fully saturated rings. The summed E-state index contributed by atoms with van der Waals surface area (Å²) < 4.78 is 1.03. The highest BCUT2D eigenvalue weighted by Gasteiger charge is 2.23. The molecular formula is C14H15BrN4. The lowest BCUT2D eigenvalue weighted by molar-refractivity contribution is 0.488. The molecule has 0 aliphatic carbocycles. The molecule has 2 aromatic rings. The van der Waals surface area contributed by atoms with Gasteiger partial charge in [-0.05, 0) is 41.3 Å². The molecule has 0 aromatic carbocycles. The van der Waals surface area contributed by atoms with Gasteiger partial charge in [0.15, 0.2) is 0 Å². The molecule has 3 heterocycles. The zero-order chi connectivity index (χ0) is 13.4. The molecule has 2 aromatic heterocycles. The van der Waals surface area contributed by atoms with Crippen LogP contribution < -0.4 is 4.90 Å². The number of rotatable bonds is 1. The number of nitrogens with one attached hydrogen (secondary N) is 1. The molecule has 0 atom stereocenters. The third-order valence-electron chi connectivity index (χ3n) is 3.82. The minimum atomic E-state index is 0.208. The van der Waals surface area contributed by atoms with Crippen molar-refractivity contribution in [2.45, 2.75) is 19.8 Å². The Kier molecular flexibility index (Phi) is 3.19. The van der Waals surface area contributed by atoms with Crippen molar-refractivity contribution < 1.29 is 0 Å². The third kappa shape index (κ3) is 2.10. The highest BCUT2D eigenvalue weighted by Crippen LogP contribution is 2.36. The van der Waals surface area contributed by atoms with Gasteiger partial charge in [0.05, 0.1) is 16.2 Å². The number of hydrogen-bond donors (Lipinski definition) is 1. The second-order valence-electron chi connectivity index (χ2n) is 5.04. The number of nitriles is 1. The van der Waals surface area contributed by atoms with Gasteiger partial charge in [0, 0.05) is 36.8 Å². The van der Waals surface area contributed by atoms with Crippen LogP contribution in [0.4, 0.5) is 5.69 Å². The first kappa shape index (κ1) is 12.5. The minimum Gasteiger partial charge on any atom is -0.370 e. The van der Waals surface area contributed by atoms with Crippen molar-refractivity contribution in [2.24, 2.45) is 5.92 Å². The second kappa shape index (κ2) is 4.86. The van der Waals surface area contributed by atoms with Crippen molar-refractivity contribution in [2.75, 3.05) is 18.0 Å². The van der Waals surface area contributed by atoms with E-state index in [9.17, 15) is 0 Å². The fourth-order valence-electron chi connectivity index (χ4n) is 2.75. The van der Waals surface area contributed by atoms with E-state index >= 15 is 0 Å². The predicted octanol–water partition coefficient (Wildman–Crippen LogP) is 3.37. The SMILES string of the molecule is Cc1c[nH]c2ncc(Br)c(N3CCC(C#N)CC3)c12. The van der Waals surface area contributed by atoms with Gasteiger partial charge in [0.2, 0.25) is 0 Å². The Morgan fingerprint density at radius 3 is 2.89 bits per heavy atom. The summed E-state index contributed by atoms with van der Waals surface area (Å²) in [6.45, 7) is 3.96. The number of piperidine rings is 1. The second-order valence-corrected chi connectivity index (χ2v) is 5.89. The Morgan fingerprint density at radius 2 is 2.21 bits per heavy atom. The molecule has 0 bridgehead atoms.